The van der Waals surface area contributed by atoms with E-state index in [4.69, 9.17) is 4.74 Å². The summed E-state index contributed by atoms with van der Waals surface area (Å²) in [6.45, 7) is 4.42. The maximum absolute atomic E-state index is 12.5. The zero-order valence-corrected chi connectivity index (χ0v) is 16.8. The van der Waals surface area contributed by atoms with E-state index in [2.05, 4.69) is 25.5 Å². The van der Waals surface area contributed by atoms with Crippen molar-refractivity contribution >= 4 is 29.1 Å². The highest BCUT2D eigenvalue weighted by atomic mass is 16.5. The highest BCUT2D eigenvalue weighted by molar-refractivity contribution is 6.00. The monoisotopic (exact) mass is 410 g/mol. The van der Waals surface area contributed by atoms with E-state index in [1.807, 2.05) is 36.4 Å². The van der Waals surface area contributed by atoms with Crippen molar-refractivity contribution < 1.29 is 14.3 Å². The van der Waals surface area contributed by atoms with Gasteiger partial charge in [0.05, 0.1) is 19.1 Å². The van der Waals surface area contributed by atoms with Crippen LogP contribution in [0.5, 0.6) is 0 Å². The van der Waals surface area contributed by atoms with Gasteiger partial charge >= 0.3 is 0 Å². The van der Waals surface area contributed by atoms with E-state index in [1.165, 1.54) is 6.33 Å². The maximum Gasteiger partial charge on any atom is 0.227 e. The van der Waals surface area contributed by atoms with E-state index in [0.29, 0.717) is 38.7 Å². The van der Waals surface area contributed by atoms with Crippen molar-refractivity contribution in [3.8, 4) is 0 Å². The summed E-state index contributed by atoms with van der Waals surface area (Å²) in [7, 11) is 0. The van der Waals surface area contributed by atoms with Crippen LogP contribution in [0.25, 0.3) is 0 Å². The first-order valence-electron chi connectivity index (χ1n) is 10.2. The molecule has 2 aliphatic heterocycles. The Morgan fingerprint density at radius 2 is 1.93 bits per heavy atom. The van der Waals surface area contributed by atoms with Crippen LogP contribution in [0.4, 0.5) is 17.3 Å². The zero-order chi connectivity index (χ0) is 20.8. The van der Waals surface area contributed by atoms with Gasteiger partial charge in [0.2, 0.25) is 11.8 Å². The third-order valence-corrected chi connectivity index (χ3v) is 5.28. The fraction of sp³-hybridized carbons (Fsp3) is 0.429. The minimum Gasteiger partial charge on any atom is -0.378 e. The summed E-state index contributed by atoms with van der Waals surface area (Å²) in [4.78, 5) is 37.2. The molecule has 2 aliphatic rings. The van der Waals surface area contributed by atoms with Gasteiger partial charge in [-0.25, -0.2) is 9.97 Å². The Labute approximate surface area is 175 Å². The molecule has 30 heavy (non-hydrogen) atoms. The molecule has 0 bridgehead atoms. The number of rotatable bonds is 7. The van der Waals surface area contributed by atoms with Crippen molar-refractivity contribution in [3.63, 3.8) is 0 Å². The highest BCUT2D eigenvalue weighted by Crippen LogP contribution is 2.24. The summed E-state index contributed by atoms with van der Waals surface area (Å²) in [5.41, 5.74) is 0.833. The molecule has 3 heterocycles. The predicted molar refractivity (Wildman–Crippen MR) is 113 cm³/mol. The molecule has 9 heteroatoms. The lowest BCUT2D eigenvalue weighted by Gasteiger charge is -2.27. The zero-order valence-electron chi connectivity index (χ0n) is 16.8. The Kier molecular flexibility index (Phi) is 6.38. The third-order valence-electron chi connectivity index (χ3n) is 5.28. The summed E-state index contributed by atoms with van der Waals surface area (Å²) in [6.07, 6.45) is 1.77. The van der Waals surface area contributed by atoms with Gasteiger partial charge in [0.15, 0.2) is 0 Å². The first-order valence-corrected chi connectivity index (χ1v) is 10.2. The van der Waals surface area contributed by atoms with Crippen molar-refractivity contribution in [3.05, 3.63) is 42.7 Å². The molecule has 1 atom stereocenters. The summed E-state index contributed by atoms with van der Waals surface area (Å²) >= 11 is 0. The fourth-order valence-corrected chi connectivity index (χ4v) is 3.67. The van der Waals surface area contributed by atoms with Crippen LogP contribution in [0.1, 0.15) is 6.42 Å². The molecule has 0 radical (unpaired) electrons. The summed E-state index contributed by atoms with van der Waals surface area (Å²) < 4.78 is 5.37. The van der Waals surface area contributed by atoms with E-state index < -0.39 is 0 Å². The number of carbonyl (C=O) groups is 2. The quantitative estimate of drug-likeness (QED) is 0.654. The number of anilines is 3. The number of hydrogen-bond donors (Lipinski definition) is 2. The minimum atomic E-state index is -0.329. The molecule has 2 aromatic rings. The lowest BCUT2D eigenvalue weighted by atomic mass is 10.1. The molecule has 1 aromatic heterocycles. The van der Waals surface area contributed by atoms with Gasteiger partial charge in [-0.2, -0.15) is 0 Å². The number of nitrogens with zero attached hydrogens (tertiary/aromatic N) is 4. The Morgan fingerprint density at radius 3 is 2.73 bits per heavy atom. The van der Waals surface area contributed by atoms with Crippen LogP contribution in [-0.2, 0) is 14.3 Å². The van der Waals surface area contributed by atoms with E-state index in [0.717, 1.165) is 24.6 Å². The number of para-hydroxylation sites is 1. The first kappa shape index (κ1) is 20.1. The van der Waals surface area contributed by atoms with Crippen LogP contribution in [-0.4, -0.2) is 67.7 Å². The average Bonchev–Trinajstić information content (AvgIpc) is 3.20. The molecule has 2 amide bonds. The molecule has 2 fully saturated rings. The average molecular weight is 410 g/mol. The van der Waals surface area contributed by atoms with Crippen LogP contribution >= 0.6 is 0 Å². The van der Waals surface area contributed by atoms with E-state index in [1.54, 1.807) is 4.90 Å². The molecule has 2 N–H and O–H groups in total. The van der Waals surface area contributed by atoms with Gasteiger partial charge in [0.1, 0.15) is 18.0 Å². The number of benzene rings is 1. The standard InChI is InChI=1S/C21H26N6O3/c28-20-12-16(14-27(20)17-4-2-1-3-5-17)21(29)23-7-6-22-18-13-19(25-15-24-18)26-8-10-30-11-9-26/h1-5,13,15-16H,6-12,14H2,(H,23,29)(H,22,24,25). The number of aromatic nitrogens is 2. The Hall–Kier alpha value is -3.20. The Morgan fingerprint density at radius 1 is 1.13 bits per heavy atom. The van der Waals surface area contributed by atoms with Crippen LogP contribution in [0.15, 0.2) is 42.7 Å². The number of morpholine rings is 1. The third kappa shape index (κ3) is 4.85. The molecule has 9 nitrogen and oxygen atoms in total. The Bertz CT molecular complexity index is 872. The van der Waals surface area contributed by atoms with Gasteiger partial charge in [-0.3, -0.25) is 9.59 Å². The number of ether oxygens (including phenoxy) is 1. The molecule has 158 valence electrons. The molecular weight excluding hydrogens is 384 g/mol. The molecule has 4 rings (SSSR count). The van der Waals surface area contributed by atoms with Gasteiger partial charge in [0.25, 0.3) is 0 Å². The molecular formula is C21H26N6O3. The topological polar surface area (TPSA) is 99.7 Å². The maximum atomic E-state index is 12.5. The van der Waals surface area contributed by atoms with E-state index in [-0.39, 0.29) is 24.2 Å². The second kappa shape index (κ2) is 9.53. The molecule has 2 saturated heterocycles. The highest BCUT2D eigenvalue weighted by Gasteiger charge is 2.34. The van der Waals surface area contributed by atoms with E-state index >= 15 is 0 Å². The van der Waals surface area contributed by atoms with Crippen molar-refractivity contribution in [2.75, 3.05) is 61.1 Å². The molecule has 0 spiro atoms. The van der Waals surface area contributed by atoms with Crippen molar-refractivity contribution in [2.24, 2.45) is 5.92 Å². The Balaban J connectivity index is 1.22. The number of hydrogen-bond acceptors (Lipinski definition) is 7. The first-order chi connectivity index (χ1) is 14.7. The lowest BCUT2D eigenvalue weighted by molar-refractivity contribution is -0.126. The normalized spacial score (nSPS) is 19.1. The van der Waals surface area contributed by atoms with Crippen molar-refractivity contribution in [1.29, 1.82) is 0 Å². The summed E-state index contributed by atoms with van der Waals surface area (Å²) in [5, 5.41) is 6.13. The predicted octanol–water partition coefficient (Wildman–Crippen LogP) is 0.894. The van der Waals surface area contributed by atoms with Gasteiger partial charge in [-0.15, -0.1) is 0 Å². The SMILES string of the molecule is O=C(NCCNc1cc(N2CCOCC2)ncn1)C1CC(=O)N(c2ccccc2)C1. The summed E-state index contributed by atoms with van der Waals surface area (Å²) in [6, 6.07) is 11.4. The lowest BCUT2D eigenvalue weighted by Crippen LogP contribution is -2.37. The number of nitrogens with one attached hydrogen (secondary N) is 2. The van der Waals surface area contributed by atoms with Crippen molar-refractivity contribution in [2.45, 2.75) is 6.42 Å². The van der Waals surface area contributed by atoms with E-state index in [9.17, 15) is 9.59 Å². The largest absolute Gasteiger partial charge is 0.378 e. The summed E-state index contributed by atoms with van der Waals surface area (Å²) in [5.74, 6) is 1.14. The second-order valence-corrected chi connectivity index (χ2v) is 7.32. The second-order valence-electron chi connectivity index (χ2n) is 7.32. The van der Waals surface area contributed by atoms with Crippen LogP contribution < -0.4 is 20.4 Å². The number of amides is 2. The molecule has 0 aliphatic carbocycles. The number of carbonyl (C=O) groups excluding carboxylic acids is 2. The van der Waals surface area contributed by atoms with Crippen LogP contribution in [0.2, 0.25) is 0 Å². The molecule has 0 saturated carbocycles. The van der Waals surface area contributed by atoms with Gasteiger partial charge in [-0.1, -0.05) is 18.2 Å². The molecule has 1 unspecified atom stereocenters. The smallest absolute Gasteiger partial charge is 0.227 e. The fourth-order valence-electron chi connectivity index (χ4n) is 3.67. The van der Waals surface area contributed by atoms with Gasteiger partial charge in [-0.05, 0) is 12.1 Å². The minimum absolute atomic E-state index is 0.0175. The molecule has 1 aromatic carbocycles. The van der Waals surface area contributed by atoms with Crippen LogP contribution in [0, 0.1) is 5.92 Å². The van der Waals surface area contributed by atoms with Crippen LogP contribution in [0.3, 0.4) is 0 Å². The van der Waals surface area contributed by atoms with Gasteiger partial charge in [0, 0.05) is 50.9 Å². The van der Waals surface area contributed by atoms with Gasteiger partial charge < -0.3 is 25.2 Å². The van der Waals surface area contributed by atoms with Crippen molar-refractivity contribution in [1.82, 2.24) is 15.3 Å².